The van der Waals surface area contributed by atoms with Gasteiger partial charge in [0.05, 0.1) is 0 Å². The lowest BCUT2D eigenvalue weighted by Crippen LogP contribution is -2.42. The third kappa shape index (κ3) is 7.94. The van der Waals surface area contributed by atoms with Crippen LogP contribution in [0.15, 0.2) is 29.3 Å². The number of halogens is 1. The average molecular weight is 458 g/mol. The van der Waals surface area contributed by atoms with Crippen molar-refractivity contribution in [2.75, 3.05) is 39.8 Å². The molecule has 0 radical (unpaired) electrons. The highest BCUT2D eigenvalue weighted by atomic mass is 127. The Balaban J connectivity index is 0.00000312. The summed E-state index contributed by atoms with van der Waals surface area (Å²) in [5, 5.41) is 6.92. The van der Waals surface area contributed by atoms with Crippen molar-refractivity contribution in [3.63, 3.8) is 0 Å². The number of hydrogen-bond donors (Lipinski definition) is 2. The molecule has 1 atom stereocenters. The molecule has 1 fully saturated rings. The third-order valence-electron chi connectivity index (χ3n) is 4.91. The van der Waals surface area contributed by atoms with Crippen LogP contribution in [-0.4, -0.2) is 50.6 Å². The van der Waals surface area contributed by atoms with E-state index in [4.69, 9.17) is 4.99 Å². The minimum Gasteiger partial charge on any atom is -0.357 e. The topological polar surface area (TPSA) is 39.7 Å². The maximum Gasteiger partial charge on any atom is 0.191 e. The molecule has 0 amide bonds. The fourth-order valence-corrected chi connectivity index (χ4v) is 3.08. The molecule has 2 N–H and O–H groups in total. The fourth-order valence-electron chi connectivity index (χ4n) is 3.08. The van der Waals surface area contributed by atoms with Gasteiger partial charge in [0, 0.05) is 25.6 Å². The molecule has 1 saturated heterocycles. The lowest BCUT2D eigenvalue weighted by Gasteiger charge is -2.29. The zero-order valence-electron chi connectivity index (χ0n) is 16.2. The van der Waals surface area contributed by atoms with Crippen molar-refractivity contribution in [2.45, 2.75) is 39.5 Å². The predicted molar refractivity (Wildman–Crippen MR) is 119 cm³/mol. The maximum atomic E-state index is 4.80. The smallest absolute Gasteiger partial charge is 0.191 e. The molecule has 0 spiro atoms. The highest BCUT2D eigenvalue weighted by Crippen LogP contribution is 2.16. The number of hydrogen-bond acceptors (Lipinski definition) is 2. The standard InChI is InChI=1S/C20H34N4.HI/c1-5-21-20(23-15-18-10-12-24(4)13-11-18)22-14-17(3)19-8-6-16(2)7-9-19;/h6-9,17-18H,5,10-15H2,1-4H3,(H2,21,22,23);1H. The van der Waals surface area contributed by atoms with Gasteiger partial charge in [-0.15, -0.1) is 24.0 Å². The van der Waals surface area contributed by atoms with Gasteiger partial charge in [-0.3, -0.25) is 4.99 Å². The van der Waals surface area contributed by atoms with Crippen molar-refractivity contribution in [3.05, 3.63) is 35.4 Å². The molecule has 1 aromatic carbocycles. The van der Waals surface area contributed by atoms with Crippen LogP contribution in [0.4, 0.5) is 0 Å². The van der Waals surface area contributed by atoms with Gasteiger partial charge in [0.1, 0.15) is 0 Å². The summed E-state index contributed by atoms with van der Waals surface area (Å²) in [4.78, 5) is 7.21. The van der Waals surface area contributed by atoms with Gasteiger partial charge in [-0.25, -0.2) is 0 Å². The van der Waals surface area contributed by atoms with Crippen LogP contribution < -0.4 is 10.6 Å². The second-order valence-corrected chi connectivity index (χ2v) is 7.16. The molecular formula is C20H35IN4. The van der Waals surface area contributed by atoms with Gasteiger partial charge in [0.2, 0.25) is 0 Å². The van der Waals surface area contributed by atoms with E-state index >= 15 is 0 Å². The Hall–Kier alpha value is -0.820. The molecule has 1 heterocycles. The van der Waals surface area contributed by atoms with Gasteiger partial charge in [-0.2, -0.15) is 0 Å². The highest BCUT2D eigenvalue weighted by molar-refractivity contribution is 14.0. The normalized spacial score (nSPS) is 17.7. The molecule has 1 unspecified atom stereocenters. The number of nitrogens with zero attached hydrogens (tertiary/aromatic N) is 2. The Kier molecular flexibility index (Phi) is 10.4. The van der Waals surface area contributed by atoms with Crippen molar-refractivity contribution in [3.8, 4) is 0 Å². The molecule has 5 heteroatoms. The SMILES string of the molecule is CCNC(=NCC(C)c1ccc(C)cc1)NCC1CCN(C)CC1.I. The molecule has 142 valence electrons. The molecule has 25 heavy (non-hydrogen) atoms. The Bertz CT molecular complexity index is 507. The molecule has 1 aromatic rings. The van der Waals surface area contributed by atoms with Crippen molar-refractivity contribution in [1.82, 2.24) is 15.5 Å². The minimum atomic E-state index is 0. The van der Waals surface area contributed by atoms with Crippen LogP contribution in [0.5, 0.6) is 0 Å². The number of rotatable bonds is 6. The molecule has 0 aromatic heterocycles. The van der Waals surface area contributed by atoms with Crippen LogP contribution in [0.25, 0.3) is 0 Å². The first kappa shape index (κ1) is 22.2. The zero-order valence-corrected chi connectivity index (χ0v) is 18.5. The first-order chi connectivity index (χ1) is 11.6. The molecule has 0 saturated carbocycles. The molecule has 1 aliphatic rings. The number of benzene rings is 1. The van der Waals surface area contributed by atoms with Crippen molar-refractivity contribution in [1.29, 1.82) is 0 Å². The van der Waals surface area contributed by atoms with Gasteiger partial charge in [-0.1, -0.05) is 36.8 Å². The van der Waals surface area contributed by atoms with Crippen molar-refractivity contribution >= 4 is 29.9 Å². The van der Waals surface area contributed by atoms with Crippen molar-refractivity contribution < 1.29 is 0 Å². The van der Waals surface area contributed by atoms with E-state index in [-0.39, 0.29) is 24.0 Å². The van der Waals surface area contributed by atoms with Crippen LogP contribution in [-0.2, 0) is 0 Å². The Labute approximate surface area is 170 Å². The number of likely N-dealkylation sites (tertiary alicyclic amines) is 1. The summed E-state index contributed by atoms with van der Waals surface area (Å²) >= 11 is 0. The largest absolute Gasteiger partial charge is 0.357 e. The van der Waals surface area contributed by atoms with Gasteiger partial charge in [-0.05, 0) is 58.3 Å². The van der Waals surface area contributed by atoms with Gasteiger partial charge >= 0.3 is 0 Å². The zero-order chi connectivity index (χ0) is 17.4. The van der Waals surface area contributed by atoms with Crippen LogP contribution in [0, 0.1) is 12.8 Å². The summed E-state index contributed by atoms with van der Waals surface area (Å²) in [5.41, 5.74) is 2.66. The first-order valence-electron chi connectivity index (χ1n) is 9.35. The van der Waals surface area contributed by atoms with E-state index < -0.39 is 0 Å². The third-order valence-corrected chi connectivity index (χ3v) is 4.91. The molecule has 2 rings (SSSR count). The van der Waals surface area contributed by atoms with E-state index in [9.17, 15) is 0 Å². The molecule has 1 aliphatic heterocycles. The summed E-state index contributed by atoms with van der Waals surface area (Å²) in [5.74, 6) is 2.15. The number of piperidine rings is 1. The quantitative estimate of drug-likeness (QED) is 0.389. The Morgan fingerprint density at radius 3 is 2.44 bits per heavy atom. The van der Waals surface area contributed by atoms with E-state index in [0.717, 1.165) is 31.5 Å². The monoisotopic (exact) mass is 458 g/mol. The van der Waals surface area contributed by atoms with Crippen LogP contribution in [0.2, 0.25) is 0 Å². The van der Waals surface area contributed by atoms with Gasteiger partial charge in [0.15, 0.2) is 5.96 Å². The van der Waals surface area contributed by atoms with Crippen LogP contribution in [0.3, 0.4) is 0 Å². The number of aliphatic imine (C=N–C) groups is 1. The average Bonchev–Trinajstić information content (AvgIpc) is 2.59. The summed E-state index contributed by atoms with van der Waals surface area (Å²) < 4.78 is 0. The van der Waals surface area contributed by atoms with Crippen molar-refractivity contribution in [2.24, 2.45) is 10.9 Å². The number of aryl methyl sites for hydroxylation is 1. The van der Waals surface area contributed by atoms with Crippen LogP contribution in [0.1, 0.15) is 43.7 Å². The number of nitrogens with one attached hydrogen (secondary N) is 2. The summed E-state index contributed by atoms with van der Waals surface area (Å²) in [6, 6.07) is 8.79. The number of guanidine groups is 1. The van der Waals surface area contributed by atoms with E-state index in [1.165, 1.54) is 37.1 Å². The second-order valence-electron chi connectivity index (χ2n) is 7.16. The Morgan fingerprint density at radius 1 is 1.20 bits per heavy atom. The highest BCUT2D eigenvalue weighted by Gasteiger charge is 2.16. The minimum absolute atomic E-state index is 0. The fraction of sp³-hybridized carbons (Fsp3) is 0.650. The first-order valence-corrected chi connectivity index (χ1v) is 9.35. The van der Waals surface area contributed by atoms with Gasteiger partial charge in [0.25, 0.3) is 0 Å². The van der Waals surface area contributed by atoms with E-state index in [0.29, 0.717) is 5.92 Å². The van der Waals surface area contributed by atoms with E-state index in [1.807, 2.05) is 0 Å². The summed E-state index contributed by atoms with van der Waals surface area (Å²) in [7, 11) is 2.21. The molecule has 4 nitrogen and oxygen atoms in total. The molecular weight excluding hydrogens is 423 g/mol. The van der Waals surface area contributed by atoms with E-state index in [1.54, 1.807) is 0 Å². The summed E-state index contributed by atoms with van der Waals surface area (Å²) in [6.45, 7) is 11.7. The predicted octanol–water partition coefficient (Wildman–Crippen LogP) is 3.61. The second kappa shape index (κ2) is 11.7. The lowest BCUT2D eigenvalue weighted by atomic mass is 9.97. The Morgan fingerprint density at radius 2 is 1.84 bits per heavy atom. The van der Waals surface area contributed by atoms with Crippen LogP contribution >= 0.6 is 24.0 Å². The van der Waals surface area contributed by atoms with E-state index in [2.05, 4.69) is 67.6 Å². The molecule has 0 aliphatic carbocycles. The summed E-state index contributed by atoms with van der Waals surface area (Å²) in [6.07, 6.45) is 2.56. The molecule has 0 bridgehead atoms. The lowest BCUT2D eigenvalue weighted by molar-refractivity contribution is 0.220. The maximum absolute atomic E-state index is 4.80. The van der Waals surface area contributed by atoms with Gasteiger partial charge < -0.3 is 15.5 Å².